The molecule has 0 aliphatic heterocycles. The van der Waals surface area contributed by atoms with Crippen LogP contribution in [0.25, 0.3) is 0 Å². The molecule has 0 aromatic carbocycles. The third-order valence-electron chi connectivity index (χ3n) is 1.35. The Hall–Kier alpha value is -1.15. The molecular weight excluding hydrogens is 250 g/mol. The molecule has 0 atom stereocenters. The molecule has 1 N–H and O–H groups in total. The predicted molar refractivity (Wildman–Crippen MR) is 60.5 cm³/mol. The fraction of sp³-hybridized carbons (Fsp3) is 0.500. The molecule has 0 unspecified atom stereocenters. The largest absolute Gasteiger partial charge is 0.450 e. The fourth-order valence-electron chi connectivity index (χ4n) is 0.781. The van der Waals surface area contributed by atoms with E-state index in [2.05, 4.69) is 20.3 Å². The molecule has 1 aromatic heterocycles. The average Bonchev–Trinajstić information content (AvgIpc) is 2.61. The summed E-state index contributed by atoms with van der Waals surface area (Å²) in [5, 5.41) is 10.6. The Morgan fingerprint density at radius 2 is 2.25 bits per heavy atom. The summed E-state index contributed by atoms with van der Waals surface area (Å²) in [7, 11) is 0. The van der Waals surface area contributed by atoms with Crippen LogP contribution in [0.4, 0.5) is 4.79 Å². The number of rotatable bonds is 4. The molecular formula is C8H11N3O3S2. The molecule has 88 valence electrons. The monoisotopic (exact) mass is 261 g/mol. The van der Waals surface area contributed by atoms with Gasteiger partial charge in [-0.1, -0.05) is 23.1 Å². The van der Waals surface area contributed by atoms with E-state index in [1.54, 1.807) is 6.92 Å². The first kappa shape index (κ1) is 12.9. The molecule has 0 aliphatic rings. The molecule has 2 amide bonds. The van der Waals surface area contributed by atoms with Crippen LogP contribution < -0.4 is 5.32 Å². The van der Waals surface area contributed by atoms with Gasteiger partial charge in [-0.25, -0.2) is 4.79 Å². The lowest BCUT2D eigenvalue weighted by Gasteiger charge is -2.02. The number of carbonyl (C=O) groups is 2. The number of hydrogen-bond acceptors (Lipinski definition) is 7. The van der Waals surface area contributed by atoms with E-state index in [-0.39, 0.29) is 12.4 Å². The van der Waals surface area contributed by atoms with Crippen molar-refractivity contribution in [2.75, 3.05) is 12.4 Å². The minimum atomic E-state index is -0.721. The van der Waals surface area contributed by atoms with Gasteiger partial charge in [-0.2, -0.15) is 0 Å². The minimum Gasteiger partial charge on any atom is -0.450 e. The predicted octanol–water partition coefficient (Wildman–Crippen LogP) is 1.21. The Labute approximate surface area is 101 Å². The molecule has 0 spiro atoms. The third-order valence-corrected chi connectivity index (χ3v) is 3.32. The smallest absolute Gasteiger partial charge is 0.413 e. The van der Waals surface area contributed by atoms with E-state index in [4.69, 9.17) is 0 Å². The lowest BCUT2D eigenvalue weighted by Crippen LogP contribution is -2.32. The van der Waals surface area contributed by atoms with Gasteiger partial charge >= 0.3 is 6.09 Å². The molecule has 16 heavy (non-hydrogen) atoms. The summed E-state index contributed by atoms with van der Waals surface area (Å²) in [4.78, 5) is 22.1. The Morgan fingerprint density at radius 3 is 2.81 bits per heavy atom. The molecule has 1 rings (SSSR count). The molecule has 8 heteroatoms. The Kier molecular flexibility index (Phi) is 5.20. The van der Waals surface area contributed by atoms with Crippen LogP contribution in [0.2, 0.25) is 0 Å². The van der Waals surface area contributed by atoms with Gasteiger partial charge < -0.3 is 4.74 Å². The number of alkyl carbamates (subject to hydrolysis) is 1. The minimum absolute atomic E-state index is 0.118. The highest BCUT2D eigenvalue weighted by Crippen LogP contribution is 2.21. The second kappa shape index (κ2) is 6.44. The van der Waals surface area contributed by atoms with E-state index in [9.17, 15) is 9.59 Å². The molecule has 6 nitrogen and oxygen atoms in total. The van der Waals surface area contributed by atoms with E-state index in [1.165, 1.54) is 23.1 Å². The molecule has 0 fully saturated rings. The van der Waals surface area contributed by atoms with E-state index in [0.717, 1.165) is 5.01 Å². The Balaban J connectivity index is 2.27. The number of imide groups is 1. The fourth-order valence-corrected chi connectivity index (χ4v) is 2.40. The molecule has 0 saturated carbocycles. The number of nitrogens with one attached hydrogen (secondary N) is 1. The van der Waals surface area contributed by atoms with E-state index >= 15 is 0 Å². The van der Waals surface area contributed by atoms with Crippen molar-refractivity contribution < 1.29 is 14.3 Å². The van der Waals surface area contributed by atoms with Gasteiger partial charge in [-0.3, -0.25) is 10.1 Å². The summed E-state index contributed by atoms with van der Waals surface area (Å²) in [5.74, 6) is -0.288. The number of aryl methyl sites for hydroxylation is 1. The van der Waals surface area contributed by atoms with Crippen LogP contribution in [0.5, 0.6) is 0 Å². The van der Waals surface area contributed by atoms with Crippen molar-refractivity contribution in [3.63, 3.8) is 0 Å². The van der Waals surface area contributed by atoms with Crippen molar-refractivity contribution in [1.82, 2.24) is 15.5 Å². The summed E-state index contributed by atoms with van der Waals surface area (Å²) in [6.07, 6.45) is -0.721. The number of thioether (sulfide) groups is 1. The van der Waals surface area contributed by atoms with Gasteiger partial charge in [0.15, 0.2) is 4.34 Å². The maximum absolute atomic E-state index is 11.2. The molecule has 0 bridgehead atoms. The van der Waals surface area contributed by atoms with E-state index in [1.807, 2.05) is 6.92 Å². The first-order valence-corrected chi connectivity index (χ1v) is 6.31. The van der Waals surface area contributed by atoms with Crippen molar-refractivity contribution >= 4 is 35.1 Å². The van der Waals surface area contributed by atoms with Crippen LogP contribution in [0.15, 0.2) is 4.34 Å². The number of amides is 2. The number of carbonyl (C=O) groups excluding carboxylic acids is 2. The first-order chi connectivity index (χ1) is 7.61. The lowest BCUT2D eigenvalue weighted by atomic mass is 10.7. The van der Waals surface area contributed by atoms with Gasteiger partial charge in [0.05, 0.1) is 12.4 Å². The standard InChI is InChI=1S/C8H11N3O3S2/c1-3-14-7(13)9-6(12)4-15-8-11-10-5(2)16-8/h3-4H2,1-2H3,(H,9,12,13). The Bertz CT molecular complexity index is 380. The van der Waals surface area contributed by atoms with Crippen molar-refractivity contribution in [3.8, 4) is 0 Å². The van der Waals surface area contributed by atoms with Gasteiger partial charge in [0.25, 0.3) is 0 Å². The van der Waals surface area contributed by atoms with E-state index in [0.29, 0.717) is 4.34 Å². The van der Waals surface area contributed by atoms with Crippen molar-refractivity contribution in [2.24, 2.45) is 0 Å². The molecule has 0 aliphatic carbocycles. The molecule has 0 radical (unpaired) electrons. The summed E-state index contributed by atoms with van der Waals surface area (Å²) in [6.45, 7) is 3.74. The summed E-state index contributed by atoms with van der Waals surface area (Å²) < 4.78 is 5.27. The van der Waals surface area contributed by atoms with Gasteiger partial charge in [-0.05, 0) is 13.8 Å². The number of ether oxygens (including phenoxy) is 1. The highest BCUT2D eigenvalue weighted by Gasteiger charge is 2.10. The topological polar surface area (TPSA) is 81.2 Å². The van der Waals surface area contributed by atoms with Crippen LogP contribution in [0.3, 0.4) is 0 Å². The van der Waals surface area contributed by atoms with Crippen LogP contribution in [-0.2, 0) is 9.53 Å². The summed E-state index contributed by atoms with van der Waals surface area (Å²) in [5.41, 5.74) is 0. The van der Waals surface area contributed by atoms with Gasteiger partial charge in [0.2, 0.25) is 5.91 Å². The second-order valence-electron chi connectivity index (χ2n) is 2.64. The van der Waals surface area contributed by atoms with Gasteiger partial charge in [0.1, 0.15) is 5.01 Å². The van der Waals surface area contributed by atoms with Crippen LogP contribution in [0, 0.1) is 6.92 Å². The highest BCUT2D eigenvalue weighted by atomic mass is 32.2. The third kappa shape index (κ3) is 4.58. The maximum Gasteiger partial charge on any atom is 0.413 e. The Morgan fingerprint density at radius 1 is 1.50 bits per heavy atom. The SMILES string of the molecule is CCOC(=O)NC(=O)CSc1nnc(C)s1. The second-order valence-corrected chi connectivity index (χ2v) is 5.05. The lowest BCUT2D eigenvalue weighted by molar-refractivity contribution is -0.117. The normalized spacial score (nSPS) is 9.88. The average molecular weight is 261 g/mol. The molecule has 1 heterocycles. The zero-order valence-electron chi connectivity index (χ0n) is 8.85. The van der Waals surface area contributed by atoms with Gasteiger partial charge in [0, 0.05) is 0 Å². The van der Waals surface area contributed by atoms with Crippen molar-refractivity contribution in [2.45, 2.75) is 18.2 Å². The maximum atomic E-state index is 11.2. The summed E-state index contributed by atoms with van der Waals surface area (Å²) >= 11 is 2.64. The van der Waals surface area contributed by atoms with Crippen molar-refractivity contribution in [3.05, 3.63) is 5.01 Å². The highest BCUT2D eigenvalue weighted by molar-refractivity contribution is 8.01. The van der Waals surface area contributed by atoms with Crippen LogP contribution >= 0.6 is 23.1 Å². The zero-order chi connectivity index (χ0) is 12.0. The first-order valence-electron chi connectivity index (χ1n) is 4.51. The summed E-state index contributed by atoms with van der Waals surface area (Å²) in [6, 6.07) is 0. The molecule has 0 saturated heterocycles. The number of aromatic nitrogens is 2. The van der Waals surface area contributed by atoms with Crippen LogP contribution in [-0.4, -0.2) is 34.6 Å². The van der Waals surface area contributed by atoms with Gasteiger partial charge in [-0.15, -0.1) is 10.2 Å². The quantitative estimate of drug-likeness (QED) is 0.820. The number of hydrogen-bond donors (Lipinski definition) is 1. The van der Waals surface area contributed by atoms with Crippen molar-refractivity contribution in [1.29, 1.82) is 0 Å². The van der Waals surface area contributed by atoms with E-state index < -0.39 is 12.0 Å². The zero-order valence-corrected chi connectivity index (χ0v) is 10.5. The number of nitrogens with zero attached hydrogens (tertiary/aromatic N) is 2. The molecule has 1 aromatic rings. The van der Waals surface area contributed by atoms with Crippen LogP contribution in [0.1, 0.15) is 11.9 Å².